The van der Waals surface area contributed by atoms with Gasteiger partial charge in [-0.3, -0.25) is 4.79 Å². The van der Waals surface area contributed by atoms with E-state index in [1.54, 1.807) is 21.7 Å². The predicted molar refractivity (Wildman–Crippen MR) is 88.4 cm³/mol. The molecule has 0 amide bonds. The van der Waals surface area contributed by atoms with Crippen LogP contribution in [-0.2, 0) is 6.54 Å². The smallest absolute Gasteiger partial charge is 0.266 e. The van der Waals surface area contributed by atoms with E-state index >= 15 is 0 Å². The van der Waals surface area contributed by atoms with E-state index in [9.17, 15) is 4.79 Å². The van der Waals surface area contributed by atoms with Crippen molar-refractivity contribution >= 4 is 11.6 Å². The Morgan fingerprint density at radius 1 is 1.05 bits per heavy atom. The number of rotatable bonds is 4. The highest BCUT2D eigenvalue weighted by Crippen LogP contribution is 2.18. The Hall–Kier alpha value is -1.65. The van der Waals surface area contributed by atoms with Gasteiger partial charge in [0.1, 0.15) is 0 Å². The Morgan fingerprint density at radius 3 is 2.50 bits per heavy atom. The van der Waals surface area contributed by atoms with Crippen molar-refractivity contribution in [2.75, 3.05) is 19.6 Å². The molecule has 1 aliphatic rings. The van der Waals surface area contributed by atoms with Crippen molar-refractivity contribution in [3.63, 3.8) is 0 Å². The number of hydrogen-bond acceptors (Lipinski definition) is 2. The molecule has 1 fully saturated rings. The van der Waals surface area contributed by atoms with E-state index in [4.69, 9.17) is 11.6 Å². The molecule has 0 aliphatic carbocycles. The second kappa shape index (κ2) is 7.07. The molecular formula is C17H21ClN3O+. The minimum absolute atomic E-state index is 0.0332. The summed E-state index contributed by atoms with van der Waals surface area (Å²) >= 11 is 5.91. The third-order valence-corrected chi connectivity index (χ3v) is 4.50. The largest absolute Gasteiger partial charge is 0.333 e. The molecule has 0 unspecified atom stereocenters. The number of benzene rings is 1. The van der Waals surface area contributed by atoms with Crippen molar-refractivity contribution in [3.8, 4) is 11.3 Å². The van der Waals surface area contributed by atoms with E-state index in [1.807, 2.05) is 24.3 Å². The highest BCUT2D eigenvalue weighted by atomic mass is 35.5. The fourth-order valence-corrected chi connectivity index (χ4v) is 3.08. The molecule has 2 aromatic rings. The monoisotopic (exact) mass is 318 g/mol. The number of likely N-dealkylation sites (tertiary alicyclic amines) is 1. The van der Waals surface area contributed by atoms with Crippen LogP contribution in [0.5, 0.6) is 0 Å². The van der Waals surface area contributed by atoms with E-state index in [-0.39, 0.29) is 5.56 Å². The zero-order chi connectivity index (χ0) is 15.4. The molecule has 0 bridgehead atoms. The van der Waals surface area contributed by atoms with Crippen LogP contribution in [0.1, 0.15) is 19.3 Å². The Balaban J connectivity index is 1.74. The SMILES string of the molecule is O=c1ccc(-c2ccc(Cl)cc2)nn1CC[NH+]1CCCCC1. The fourth-order valence-electron chi connectivity index (χ4n) is 2.95. The first-order valence-electron chi connectivity index (χ1n) is 7.90. The van der Waals surface area contributed by atoms with Crippen molar-refractivity contribution in [3.05, 3.63) is 51.8 Å². The number of aromatic nitrogens is 2. The second-order valence-corrected chi connectivity index (χ2v) is 6.28. The maximum Gasteiger partial charge on any atom is 0.266 e. The molecule has 22 heavy (non-hydrogen) atoms. The van der Waals surface area contributed by atoms with Crippen LogP contribution in [0, 0.1) is 0 Å². The van der Waals surface area contributed by atoms with Gasteiger partial charge in [0.25, 0.3) is 5.56 Å². The zero-order valence-corrected chi connectivity index (χ0v) is 13.4. The number of nitrogens with one attached hydrogen (secondary N) is 1. The van der Waals surface area contributed by atoms with Crippen molar-refractivity contribution in [1.29, 1.82) is 0 Å². The minimum atomic E-state index is -0.0332. The molecular weight excluding hydrogens is 298 g/mol. The normalized spacial score (nSPS) is 15.9. The second-order valence-electron chi connectivity index (χ2n) is 5.85. The van der Waals surface area contributed by atoms with Gasteiger partial charge in [-0.15, -0.1) is 0 Å². The summed E-state index contributed by atoms with van der Waals surface area (Å²) < 4.78 is 1.59. The summed E-state index contributed by atoms with van der Waals surface area (Å²) in [7, 11) is 0. The maximum absolute atomic E-state index is 12.0. The quantitative estimate of drug-likeness (QED) is 0.931. The molecule has 0 atom stereocenters. The van der Waals surface area contributed by atoms with Crippen LogP contribution in [0.15, 0.2) is 41.2 Å². The molecule has 1 aliphatic heterocycles. The third kappa shape index (κ3) is 3.76. The lowest BCUT2D eigenvalue weighted by molar-refractivity contribution is -0.905. The van der Waals surface area contributed by atoms with Gasteiger partial charge in [-0.25, -0.2) is 4.68 Å². The lowest BCUT2D eigenvalue weighted by Gasteiger charge is -2.23. The van der Waals surface area contributed by atoms with Gasteiger partial charge in [-0.05, 0) is 37.5 Å². The molecule has 3 rings (SSSR count). The van der Waals surface area contributed by atoms with Gasteiger partial charge in [0.15, 0.2) is 0 Å². The van der Waals surface area contributed by atoms with Crippen LogP contribution in [-0.4, -0.2) is 29.4 Å². The van der Waals surface area contributed by atoms with Crippen LogP contribution in [0.3, 0.4) is 0 Å². The first-order chi connectivity index (χ1) is 10.7. The number of quaternary nitrogens is 1. The predicted octanol–water partition coefficient (Wildman–Crippen LogP) is 1.63. The molecule has 0 spiro atoms. The summed E-state index contributed by atoms with van der Waals surface area (Å²) in [4.78, 5) is 13.6. The van der Waals surface area contributed by atoms with Gasteiger partial charge in [0.05, 0.1) is 31.9 Å². The Bertz CT molecular complexity index is 675. The number of piperidine rings is 1. The molecule has 1 aromatic carbocycles. The van der Waals surface area contributed by atoms with Gasteiger partial charge in [0.2, 0.25) is 0 Å². The lowest BCUT2D eigenvalue weighted by Crippen LogP contribution is -3.13. The van der Waals surface area contributed by atoms with E-state index in [0.717, 1.165) is 17.8 Å². The molecule has 1 saturated heterocycles. The first kappa shape index (κ1) is 15.3. The van der Waals surface area contributed by atoms with Gasteiger partial charge in [-0.2, -0.15) is 5.10 Å². The van der Waals surface area contributed by atoms with E-state index in [2.05, 4.69) is 5.10 Å². The van der Waals surface area contributed by atoms with Crippen molar-refractivity contribution in [2.45, 2.75) is 25.8 Å². The minimum Gasteiger partial charge on any atom is -0.333 e. The highest BCUT2D eigenvalue weighted by molar-refractivity contribution is 6.30. The number of halogens is 1. The Labute approximate surface area is 135 Å². The van der Waals surface area contributed by atoms with Crippen LogP contribution < -0.4 is 10.5 Å². The van der Waals surface area contributed by atoms with E-state index in [1.165, 1.54) is 32.4 Å². The summed E-state index contributed by atoms with van der Waals surface area (Å²) in [5.41, 5.74) is 1.75. The molecule has 1 aromatic heterocycles. The van der Waals surface area contributed by atoms with Crippen LogP contribution >= 0.6 is 11.6 Å². The summed E-state index contributed by atoms with van der Waals surface area (Å²) in [6, 6.07) is 10.9. The number of hydrogen-bond donors (Lipinski definition) is 1. The molecule has 5 heteroatoms. The van der Waals surface area contributed by atoms with Gasteiger partial charge < -0.3 is 4.90 Å². The van der Waals surface area contributed by atoms with Crippen LogP contribution in [0.25, 0.3) is 11.3 Å². The number of nitrogens with zero attached hydrogens (tertiary/aromatic N) is 2. The van der Waals surface area contributed by atoms with Crippen molar-refractivity contribution < 1.29 is 4.90 Å². The average molecular weight is 319 g/mol. The molecule has 2 heterocycles. The average Bonchev–Trinajstić information content (AvgIpc) is 2.56. The summed E-state index contributed by atoms with van der Waals surface area (Å²) in [6.45, 7) is 4.07. The summed E-state index contributed by atoms with van der Waals surface area (Å²) in [6.07, 6.45) is 3.93. The maximum atomic E-state index is 12.0. The standard InChI is InChI=1S/C17H20ClN3O/c18-15-6-4-14(5-7-15)16-8-9-17(22)21(19-16)13-12-20-10-2-1-3-11-20/h4-9H,1-3,10-13H2/p+1. The third-order valence-electron chi connectivity index (χ3n) is 4.24. The van der Waals surface area contributed by atoms with E-state index in [0.29, 0.717) is 11.6 Å². The molecule has 1 N–H and O–H groups in total. The van der Waals surface area contributed by atoms with E-state index < -0.39 is 0 Å². The molecule has 116 valence electrons. The van der Waals surface area contributed by atoms with Crippen LogP contribution in [0.4, 0.5) is 0 Å². The zero-order valence-electron chi connectivity index (χ0n) is 12.6. The fraction of sp³-hybridized carbons (Fsp3) is 0.412. The van der Waals surface area contributed by atoms with Crippen molar-refractivity contribution in [1.82, 2.24) is 9.78 Å². The van der Waals surface area contributed by atoms with Crippen molar-refractivity contribution in [2.24, 2.45) is 0 Å². The van der Waals surface area contributed by atoms with Gasteiger partial charge >= 0.3 is 0 Å². The molecule has 4 nitrogen and oxygen atoms in total. The highest BCUT2D eigenvalue weighted by Gasteiger charge is 2.13. The Kier molecular flexibility index (Phi) is 4.90. The molecule has 0 radical (unpaired) electrons. The Morgan fingerprint density at radius 2 is 1.77 bits per heavy atom. The van der Waals surface area contributed by atoms with Gasteiger partial charge in [-0.1, -0.05) is 23.7 Å². The summed E-state index contributed by atoms with van der Waals surface area (Å²) in [5.74, 6) is 0. The van der Waals surface area contributed by atoms with Crippen LogP contribution in [0.2, 0.25) is 5.02 Å². The lowest BCUT2D eigenvalue weighted by atomic mass is 10.1. The topological polar surface area (TPSA) is 39.3 Å². The molecule has 0 saturated carbocycles. The van der Waals surface area contributed by atoms with Gasteiger partial charge in [0, 0.05) is 16.7 Å². The first-order valence-corrected chi connectivity index (χ1v) is 8.28. The summed E-state index contributed by atoms with van der Waals surface area (Å²) in [5, 5.41) is 5.20.